The number of benzene rings is 3. The number of hydrogen-bond acceptors (Lipinski definition) is 6. The lowest BCUT2D eigenvalue weighted by molar-refractivity contribution is 0.344. The molecule has 0 N–H and O–H groups in total. The molecule has 0 bridgehead atoms. The molecular formula is C24H23N3O3S. The van der Waals surface area contributed by atoms with Gasteiger partial charge in [0.25, 0.3) is 0 Å². The molecule has 158 valence electrons. The van der Waals surface area contributed by atoms with Crippen molar-refractivity contribution in [1.82, 2.24) is 14.8 Å². The summed E-state index contributed by atoms with van der Waals surface area (Å²) in [6.45, 7) is 0.564. The second kappa shape index (κ2) is 10.0. The smallest absolute Gasteiger partial charge is 0.196 e. The molecule has 0 amide bonds. The van der Waals surface area contributed by atoms with Crippen molar-refractivity contribution in [2.45, 2.75) is 5.16 Å². The lowest BCUT2D eigenvalue weighted by Gasteiger charge is -2.13. The number of hydrogen-bond donors (Lipinski definition) is 0. The summed E-state index contributed by atoms with van der Waals surface area (Å²) >= 11 is 1.59. The molecule has 0 aliphatic carbocycles. The van der Waals surface area contributed by atoms with Crippen LogP contribution >= 0.6 is 11.8 Å². The molecule has 0 unspecified atom stereocenters. The van der Waals surface area contributed by atoms with E-state index in [1.807, 2.05) is 83.4 Å². The Morgan fingerprint density at radius 1 is 0.774 bits per heavy atom. The summed E-state index contributed by atoms with van der Waals surface area (Å²) in [5, 5.41) is 9.74. The summed E-state index contributed by atoms with van der Waals surface area (Å²) in [5.41, 5.74) is 1.82. The zero-order valence-electron chi connectivity index (χ0n) is 17.4. The van der Waals surface area contributed by atoms with Crippen LogP contribution in [0.4, 0.5) is 0 Å². The van der Waals surface area contributed by atoms with Crippen LogP contribution in [0.5, 0.6) is 17.2 Å². The fourth-order valence-corrected chi connectivity index (χ4v) is 3.91. The van der Waals surface area contributed by atoms with Crippen molar-refractivity contribution < 1.29 is 14.2 Å². The van der Waals surface area contributed by atoms with Gasteiger partial charge in [-0.1, -0.05) is 42.1 Å². The Balaban J connectivity index is 1.62. The predicted molar refractivity (Wildman–Crippen MR) is 123 cm³/mol. The molecule has 0 atom stereocenters. The maximum atomic E-state index is 5.82. The number of para-hydroxylation sites is 2. The third-order valence-electron chi connectivity index (χ3n) is 4.64. The van der Waals surface area contributed by atoms with E-state index < -0.39 is 0 Å². The normalized spacial score (nSPS) is 10.6. The highest BCUT2D eigenvalue weighted by Gasteiger charge is 2.19. The Labute approximate surface area is 185 Å². The van der Waals surface area contributed by atoms with Gasteiger partial charge in [-0.15, -0.1) is 10.2 Å². The highest BCUT2D eigenvalue weighted by Crippen LogP contribution is 2.33. The van der Waals surface area contributed by atoms with E-state index in [0.29, 0.717) is 12.4 Å². The van der Waals surface area contributed by atoms with Gasteiger partial charge in [-0.25, -0.2) is 0 Å². The molecule has 1 heterocycles. The largest absolute Gasteiger partial charge is 0.497 e. The summed E-state index contributed by atoms with van der Waals surface area (Å²) < 4.78 is 18.7. The highest BCUT2D eigenvalue weighted by molar-refractivity contribution is 7.99. The van der Waals surface area contributed by atoms with E-state index in [9.17, 15) is 0 Å². The van der Waals surface area contributed by atoms with E-state index in [1.54, 1.807) is 26.0 Å². The number of nitrogens with zero attached hydrogens (tertiary/aromatic N) is 3. The first-order valence-corrected chi connectivity index (χ1v) is 10.8. The summed E-state index contributed by atoms with van der Waals surface area (Å²) in [7, 11) is 3.31. The molecule has 0 saturated carbocycles. The molecule has 0 aliphatic heterocycles. The van der Waals surface area contributed by atoms with Crippen molar-refractivity contribution in [3.8, 4) is 34.3 Å². The molecule has 0 spiro atoms. The minimum atomic E-state index is 0.564. The number of rotatable bonds is 9. The molecule has 3 aromatic carbocycles. The molecule has 0 fully saturated rings. The van der Waals surface area contributed by atoms with Crippen LogP contribution in [-0.4, -0.2) is 41.3 Å². The first-order valence-electron chi connectivity index (χ1n) is 9.84. The van der Waals surface area contributed by atoms with Gasteiger partial charge in [-0.2, -0.15) is 0 Å². The van der Waals surface area contributed by atoms with Gasteiger partial charge < -0.3 is 14.2 Å². The lowest BCUT2D eigenvalue weighted by atomic mass is 10.2. The Kier molecular flexibility index (Phi) is 6.74. The first kappa shape index (κ1) is 20.8. The molecule has 31 heavy (non-hydrogen) atoms. The van der Waals surface area contributed by atoms with E-state index >= 15 is 0 Å². The first-order chi connectivity index (χ1) is 15.3. The van der Waals surface area contributed by atoms with Gasteiger partial charge in [-0.05, 0) is 48.5 Å². The van der Waals surface area contributed by atoms with Crippen molar-refractivity contribution in [3.63, 3.8) is 0 Å². The molecular weight excluding hydrogens is 410 g/mol. The standard InChI is InChI=1S/C24H23N3O3S/c1-28-19-14-12-18(13-15-19)27-23(21-10-6-7-11-22(21)29-2)25-26-24(27)31-17-16-30-20-8-4-3-5-9-20/h3-15H,16-17H2,1-2H3. The van der Waals surface area contributed by atoms with Crippen molar-refractivity contribution in [2.24, 2.45) is 0 Å². The molecule has 0 radical (unpaired) electrons. The topological polar surface area (TPSA) is 58.4 Å². The molecule has 1 aromatic heterocycles. The van der Waals surface area contributed by atoms with Gasteiger partial charge in [-0.3, -0.25) is 4.57 Å². The predicted octanol–water partition coefficient (Wildman–Crippen LogP) is 5.12. The average Bonchev–Trinajstić information content (AvgIpc) is 3.26. The second-order valence-corrected chi connectivity index (χ2v) is 7.61. The molecule has 6 nitrogen and oxygen atoms in total. The molecule has 4 rings (SSSR count). The van der Waals surface area contributed by atoms with Crippen molar-refractivity contribution in [2.75, 3.05) is 26.6 Å². The number of methoxy groups -OCH3 is 2. The molecule has 4 aromatic rings. The zero-order chi connectivity index (χ0) is 21.5. The van der Waals surface area contributed by atoms with Gasteiger partial charge in [0.05, 0.1) is 32.1 Å². The molecule has 7 heteroatoms. The van der Waals surface area contributed by atoms with E-state index in [0.717, 1.165) is 39.4 Å². The zero-order valence-corrected chi connectivity index (χ0v) is 18.2. The van der Waals surface area contributed by atoms with Crippen LogP contribution in [0.15, 0.2) is 84.0 Å². The highest BCUT2D eigenvalue weighted by atomic mass is 32.2. The van der Waals surface area contributed by atoms with Crippen molar-refractivity contribution in [3.05, 3.63) is 78.9 Å². The maximum absolute atomic E-state index is 5.82. The number of ether oxygens (including phenoxy) is 3. The van der Waals surface area contributed by atoms with E-state index in [4.69, 9.17) is 14.2 Å². The third kappa shape index (κ3) is 4.83. The minimum Gasteiger partial charge on any atom is -0.497 e. The molecule has 0 aliphatic rings. The van der Waals surface area contributed by atoms with Crippen LogP contribution in [0.2, 0.25) is 0 Å². The Bertz CT molecular complexity index is 1110. The van der Waals surface area contributed by atoms with Crippen molar-refractivity contribution >= 4 is 11.8 Å². The maximum Gasteiger partial charge on any atom is 0.196 e. The van der Waals surface area contributed by atoms with Crippen LogP contribution < -0.4 is 14.2 Å². The van der Waals surface area contributed by atoms with Crippen LogP contribution in [0, 0.1) is 0 Å². The Hall–Kier alpha value is -3.45. The monoisotopic (exact) mass is 433 g/mol. The average molecular weight is 434 g/mol. The van der Waals surface area contributed by atoms with E-state index in [-0.39, 0.29) is 0 Å². The summed E-state index contributed by atoms with van der Waals surface area (Å²) in [4.78, 5) is 0. The number of thioether (sulfide) groups is 1. The third-order valence-corrected chi connectivity index (χ3v) is 5.53. The Morgan fingerprint density at radius 2 is 1.52 bits per heavy atom. The van der Waals surface area contributed by atoms with Crippen LogP contribution in [0.25, 0.3) is 17.1 Å². The summed E-state index contributed by atoms with van der Waals surface area (Å²) in [6, 6.07) is 25.4. The van der Waals surface area contributed by atoms with E-state index in [2.05, 4.69) is 10.2 Å². The van der Waals surface area contributed by atoms with E-state index in [1.165, 1.54) is 0 Å². The SMILES string of the molecule is COc1ccc(-n2c(SCCOc3ccccc3)nnc2-c2ccccc2OC)cc1. The van der Waals surface area contributed by atoms with Gasteiger partial charge in [0.15, 0.2) is 11.0 Å². The Morgan fingerprint density at radius 3 is 2.26 bits per heavy atom. The van der Waals surface area contributed by atoms with Gasteiger partial charge in [0.2, 0.25) is 0 Å². The van der Waals surface area contributed by atoms with Gasteiger partial charge in [0, 0.05) is 5.75 Å². The summed E-state index contributed by atoms with van der Waals surface area (Å²) in [5.74, 6) is 3.84. The fourth-order valence-electron chi connectivity index (χ4n) is 3.14. The quantitative estimate of drug-likeness (QED) is 0.270. The van der Waals surface area contributed by atoms with Crippen LogP contribution in [-0.2, 0) is 0 Å². The van der Waals surface area contributed by atoms with Gasteiger partial charge >= 0.3 is 0 Å². The summed E-state index contributed by atoms with van der Waals surface area (Å²) in [6.07, 6.45) is 0. The van der Waals surface area contributed by atoms with Gasteiger partial charge in [0.1, 0.15) is 17.2 Å². The van der Waals surface area contributed by atoms with Crippen molar-refractivity contribution in [1.29, 1.82) is 0 Å². The minimum absolute atomic E-state index is 0.564. The van der Waals surface area contributed by atoms with Crippen LogP contribution in [0.3, 0.4) is 0 Å². The second-order valence-electron chi connectivity index (χ2n) is 6.55. The molecule has 0 saturated heterocycles. The number of aromatic nitrogens is 3. The van der Waals surface area contributed by atoms with Crippen LogP contribution in [0.1, 0.15) is 0 Å². The fraction of sp³-hybridized carbons (Fsp3) is 0.167. The lowest BCUT2D eigenvalue weighted by Crippen LogP contribution is -2.04.